The predicted molar refractivity (Wildman–Crippen MR) is 72.4 cm³/mol. The van der Waals surface area contributed by atoms with Crippen LogP contribution in [-0.4, -0.2) is 11.6 Å². The van der Waals surface area contributed by atoms with E-state index in [0.717, 1.165) is 25.7 Å². The highest BCUT2D eigenvalue weighted by molar-refractivity contribution is 5.72. The SMILES string of the molecule is CCC1(OC(=O)C(C)C)CCc2ccccc2C1. The van der Waals surface area contributed by atoms with Gasteiger partial charge in [-0.1, -0.05) is 45.0 Å². The van der Waals surface area contributed by atoms with Gasteiger partial charge in [-0.05, 0) is 30.4 Å². The standard InChI is InChI=1S/C16H22O2/c1-4-16(18-15(17)12(2)3)10-9-13-7-5-6-8-14(13)11-16/h5-8,12H,4,9-11H2,1-3H3. The van der Waals surface area contributed by atoms with Crippen LogP contribution in [0.15, 0.2) is 24.3 Å². The van der Waals surface area contributed by atoms with Crippen LogP contribution >= 0.6 is 0 Å². The number of hydrogen-bond donors (Lipinski definition) is 0. The second kappa shape index (κ2) is 5.13. The molecule has 1 atom stereocenters. The minimum Gasteiger partial charge on any atom is -0.459 e. The Labute approximate surface area is 109 Å². The summed E-state index contributed by atoms with van der Waals surface area (Å²) in [5.74, 6) is -0.123. The molecule has 1 aliphatic rings. The molecule has 0 N–H and O–H groups in total. The first-order chi connectivity index (χ1) is 8.56. The zero-order chi connectivity index (χ0) is 13.2. The maximum absolute atomic E-state index is 11.9. The van der Waals surface area contributed by atoms with Crippen LogP contribution in [-0.2, 0) is 22.4 Å². The quantitative estimate of drug-likeness (QED) is 0.763. The Hall–Kier alpha value is -1.31. The first kappa shape index (κ1) is 13.1. The normalized spacial score (nSPS) is 22.7. The lowest BCUT2D eigenvalue weighted by Gasteiger charge is -2.37. The van der Waals surface area contributed by atoms with Gasteiger partial charge in [0.25, 0.3) is 0 Å². The van der Waals surface area contributed by atoms with Crippen LogP contribution in [0.25, 0.3) is 0 Å². The van der Waals surface area contributed by atoms with E-state index in [-0.39, 0.29) is 17.5 Å². The van der Waals surface area contributed by atoms with Crippen LogP contribution in [0.2, 0.25) is 0 Å². The molecule has 0 aliphatic heterocycles. The lowest BCUT2D eigenvalue weighted by atomic mass is 9.79. The number of carbonyl (C=O) groups is 1. The average molecular weight is 246 g/mol. The van der Waals surface area contributed by atoms with Crippen LogP contribution in [0.5, 0.6) is 0 Å². The summed E-state index contributed by atoms with van der Waals surface area (Å²) < 4.78 is 5.81. The van der Waals surface area contributed by atoms with Gasteiger partial charge in [0.15, 0.2) is 0 Å². The first-order valence-corrected chi connectivity index (χ1v) is 6.86. The van der Waals surface area contributed by atoms with Gasteiger partial charge in [0, 0.05) is 6.42 Å². The number of hydrogen-bond acceptors (Lipinski definition) is 2. The van der Waals surface area contributed by atoms with E-state index < -0.39 is 0 Å². The summed E-state index contributed by atoms with van der Waals surface area (Å²) in [6.45, 7) is 5.90. The van der Waals surface area contributed by atoms with Crippen LogP contribution in [0.1, 0.15) is 44.7 Å². The van der Waals surface area contributed by atoms with Crippen LogP contribution in [0.4, 0.5) is 0 Å². The van der Waals surface area contributed by atoms with Gasteiger partial charge in [-0.15, -0.1) is 0 Å². The molecule has 0 saturated heterocycles. The van der Waals surface area contributed by atoms with Crippen molar-refractivity contribution in [1.29, 1.82) is 0 Å². The lowest BCUT2D eigenvalue weighted by Crippen LogP contribution is -2.41. The summed E-state index contributed by atoms with van der Waals surface area (Å²) in [6, 6.07) is 8.48. The van der Waals surface area contributed by atoms with Crippen molar-refractivity contribution in [2.45, 2.75) is 52.1 Å². The molecule has 0 aromatic heterocycles. The van der Waals surface area contributed by atoms with Crippen LogP contribution in [0, 0.1) is 5.92 Å². The van der Waals surface area contributed by atoms with Crippen molar-refractivity contribution in [2.75, 3.05) is 0 Å². The molecule has 2 heteroatoms. The summed E-state index contributed by atoms with van der Waals surface area (Å²) in [6.07, 6.45) is 3.70. The first-order valence-electron chi connectivity index (χ1n) is 6.86. The maximum Gasteiger partial charge on any atom is 0.308 e. The van der Waals surface area contributed by atoms with Crippen LogP contribution < -0.4 is 0 Å². The minimum atomic E-state index is -0.282. The van der Waals surface area contributed by atoms with Crippen molar-refractivity contribution in [1.82, 2.24) is 0 Å². The molecule has 0 bridgehead atoms. The van der Waals surface area contributed by atoms with E-state index in [4.69, 9.17) is 4.74 Å². The molecule has 0 spiro atoms. The summed E-state index contributed by atoms with van der Waals surface area (Å²) in [7, 11) is 0. The Kier molecular flexibility index (Phi) is 3.74. The van der Waals surface area contributed by atoms with E-state index in [9.17, 15) is 4.79 Å². The third-order valence-corrected chi connectivity index (χ3v) is 3.91. The molecular weight excluding hydrogens is 224 g/mol. The zero-order valence-electron chi connectivity index (χ0n) is 11.5. The number of benzene rings is 1. The van der Waals surface area contributed by atoms with E-state index in [1.54, 1.807) is 0 Å². The summed E-state index contributed by atoms with van der Waals surface area (Å²) in [4.78, 5) is 11.9. The predicted octanol–water partition coefficient (Wildman–Crippen LogP) is 3.52. The van der Waals surface area contributed by atoms with Crippen molar-refractivity contribution >= 4 is 5.97 Å². The van der Waals surface area contributed by atoms with Crippen molar-refractivity contribution in [3.8, 4) is 0 Å². The fourth-order valence-corrected chi connectivity index (χ4v) is 2.56. The summed E-state index contributed by atoms with van der Waals surface area (Å²) in [5, 5.41) is 0. The third kappa shape index (κ3) is 2.58. The van der Waals surface area contributed by atoms with Gasteiger partial charge >= 0.3 is 5.97 Å². The Balaban J connectivity index is 2.19. The molecule has 1 unspecified atom stereocenters. The van der Waals surface area contributed by atoms with E-state index in [0.29, 0.717) is 0 Å². The van der Waals surface area contributed by atoms with Crippen molar-refractivity contribution in [3.05, 3.63) is 35.4 Å². The third-order valence-electron chi connectivity index (χ3n) is 3.91. The van der Waals surface area contributed by atoms with Crippen molar-refractivity contribution in [3.63, 3.8) is 0 Å². The second-order valence-electron chi connectivity index (χ2n) is 5.56. The monoisotopic (exact) mass is 246 g/mol. The molecule has 1 aliphatic carbocycles. The number of rotatable bonds is 3. The Bertz CT molecular complexity index is 436. The van der Waals surface area contributed by atoms with Gasteiger partial charge in [-0.3, -0.25) is 4.79 Å². The number of fused-ring (bicyclic) bond motifs is 1. The molecule has 0 amide bonds. The highest BCUT2D eigenvalue weighted by Gasteiger charge is 2.36. The van der Waals surface area contributed by atoms with Crippen LogP contribution in [0.3, 0.4) is 0 Å². The van der Waals surface area contributed by atoms with E-state index in [1.807, 2.05) is 13.8 Å². The molecule has 0 radical (unpaired) electrons. The van der Waals surface area contributed by atoms with Crippen molar-refractivity contribution in [2.24, 2.45) is 5.92 Å². The topological polar surface area (TPSA) is 26.3 Å². The molecule has 2 nitrogen and oxygen atoms in total. The van der Waals surface area contributed by atoms with E-state index in [2.05, 4.69) is 31.2 Å². The van der Waals surface area contributed by atoms with Gasteiger partial charge in [0.05, 0.1) is 5.92 Å². The largest absolute Gasteiger partial charge is 0.459 e. The Morgan fingerprint density at radius 1 is 1.33 bits per heavy atom. The van der Waals surface area contributed by atoms with Gasteiger partial charge < -0.3 is 4.74 Å². The molecule has 98 valence electrons. The Morgan fingerprint density at radius 2 is 2.00 bits per heavy atom. The number of ether oxygens (including phenoxy) is 1. The van der Waals surface area contributed by atoms with E-state index >= 15 is 0 Å². The van der Waals surface area contributed by atoms with Gasteiger partial charge in [-0.2, -0.15) is 0 Å². The molecular formula is C16H22O2. The minimum absolute atomic E-state index is 0.0504. The lowest BCUT2D eigenvalue weighted by molar-refractivity contribution is -0.165. The highest BCUT2D eigenvalue weighted by atomic mass is 16.6. The maximum atomic E-state index is 11.9. The van der Waals surface area contributed by atoms with Gasteiger partial charge in [-0.25, -0.2) is 0 Å². The fraction of sp³-hybridized carbons (Fsp3) is 0.562. The smallest absolute Gasteiger partial charge is 0.308 e. The molecule has 0 heterocycles. The van der Waals surface area contributed by atoms with Crippen molar-refractivity contribution < 1.29 is 9.53 Å². The molecule has 0 saturated carbocycles. The zero-order valence-corrected chi connectivity index (χ0v) is 11.5. The average Bonchev–Trinajstić information content (AvgIpc) is 2.38. The van der Waals surface area contributed by atoms with Gasteiger partial charge in [0.2, 0.25) is 0 Å². The molecule has 1 aromatic rings. The number of esters is 1. The highest BCUT2D eigenvalue weighted by Crippen LogP contribution is 2.34. The fourth-order valence-electron chi connectivity index (χ4n) is 2.56. The summed E-state index contributed by atoms with van der Waals surface area (Å²) >= 11 is 0. The summed E-state index contributed by atoms with van der Waals surface area (Å²) in [5.41, 5.74) is 2.46. The van der Waals surface area contributed by atoms with Gasteiger partial charge in [0.1, 0.15) is 5.60 Å². The Morgan fingerprint density at radius 3 is 2.61 bits per heavy atom. The molecule has 0 fully saturated rings. The molecule has 18 heavy (non-hydrogen) atoms. The number of carbonyl (C=O) groups excluding carboxylic acids is 1. The van der Waals surface area contributed by atoms with E-state index in [1.165, 1.54) is 11.1 Å². The second-order valence-corrected chi connectivity index (χ2v) is 5.56. The molecule has 2 rings (SSSR count). The number of aryl methyl sites for hydroxylation is 1. The molecule has 1 aromatic carbocycles.